The molecule has 96 valence electrons. The van der Waals surface area contributed by atoms with Gasteiger partial charge in [0, 0.05) is 10.5 Å². The third-order valence-electron chi connectivity index (χ3n) is 3.80. The zero-order valence-electron chi connectivity index (χ0n) is 11.0. The van der Waals surface area contributed by atoms with Crippen LogP contribution in [-0.4, -0.2) is 6.04 Å². The third-order valence-corrected chi connectivity index (χ3v) is 4.29. The molecule has 18 heavy (non-hydrogen) atoms. The average molecular weight is 307 g/mol. The minimum absolute atomic E-state index is 0.482. The van der Waals surface area contributed by atoms with Crippen LogP contribution in [0.5, 0.6) is 0 Å². The molecule has 1 aliphatic carbocycles. The smallest absolute Gasteiger partial charge is 0.101 e. The quantitative estimate of drug-likeness (QED) is 0.859. The minimum atomic E-state index is 0.482. The van der Waals surface area contributed by atoms with Crippen LogP contribution in [0.25, 0.3) is 0 Å². The number of rotatable bonds is 2. The Balaban J connectivity index is 2.05. The first-order valence-electron chi connectivity index (χ1n) is 6.46. The predicted octanol–water partition coefficient (Wildman–Crippen LogP) is 4.70. The second-order valence-corrected chi connectivity index (χ2v) is 6.80. The van der Waals surface area contributed by atoms with E-state index in [0.29, 0.717) is 17.0 Å². The first-order valence-corrected chi connectivity index (χ1v) is 7.26. The van der Waals surface area contributed by atoms with Gasteiger partial charge in [-0.05, 0) is 49.3 Å². The molecule has 0 aromatic heterocycles. The number of nitriles is 1. The van der Waals surface area contributed by atoms with Crippen LogP contribution >= 0.6 is 15.9 Å². The molecular formula is C15H19BrN2. The fourth-order valence-electron chi connectivity index (χ4n) is 2.50. The maximum absolute atomic E-state index is 9.14. The number of hydrogen-bond donors (Lipinski definition) is 1. The number of nitrogens with one attached hydrogen (secondary N) is 1. The maximum atomic E-state index is 9.14. The lowest BCUT2D eigenvalue weighted by Gasteiger charge is -2.35. The predicted molar refractivity (Wildman–Crippen MR) is 78.5 cm³/mol. The van der Waals surface area contributed by atoms with E-state index in [9.17, 15) is 0 Å². The van der Waals surface area contributed by atoms with Gasteiger partial charge in [0.15, 0.2) is 0 Å². The van der Waals surface area contributed by atoms with Crippen molar-refractivity contribution >= 4 is 21.6 Å². The van der Waals surface area contributed by atoms with Gasteiger partial charge in [0.1, 0.15) is 6.07 Å². The molecule has 0 saturated heterocycles. The molecule has 0 bridgehead atoms. The van der Waals surface area contributed by atoms with Gasteiger partial charge in [-0.3, -0.25) is 0 Å². The topological polar surface area (TPSA) is 35.8 Å². The normalized spacial score (nSPS) is 19.2. The van der Waals surface area contributed by atoms with Crippen LogP contribution in [0.1, 0.15) is 45.1 Å². The van der Waals surface area contributed by atoms with E-state index in [-0.39, 0.29) is 0 Å². The van der Waals surface area contributed by atoms with Crippen molar-refractivity contribution in [1.82, 2.24) is 0 Å². The molecule has 0 aliphatic heterocycles. The van der Waals surface area contributed by atoms with Crippen LogP contribution in [0.15, 0.2) is 22.7 Å². The van der Waals surface area contributed by atoms with Crippen molar-refractivity contribution in [3.8, 4) is 6.07 Å². The zero-order chi connectivity index (χ0) is 13.2. The van der Waals surface area contributed by atoms with Crippen LogP contribution in [0.4, 0.5) is 5.69 Å². The Bertz CT molecular complexity index is 464. The van der Waals surface area contributed by atoms with Crippen LogP contribution in [-0.2, 0) is 0 Å². The molecule has 1 fully saturated rings. The second-order valence-electron chi connectivity index (χ2n) is 5.88. The van der Waals surface area contributed by atoms with E-state index < -0.39 is 0 Å². The summed E-state index contributed by atoms with van der Waals surface area (Å²) < 4.78 is 0.953. The summed E-state index contributed by atoms with van der Waals surface area (Å²) >= 11 is 3.40. The van der Waals surface area contributed by atoms with E-state index >= 15 is 0 Å². The number of benzene rings is 1. The molecule has 0 amide bonds. The molecule has 2 rings (SSSR count). The van der Waals surface area contributed by atoms with E-state index in [0.717, 1.165) is 10.2 Å². The summed E-state index contributed by atoms with van der Waals surface area (Å²) in [5, 5.41) is 12.7. The molecule has 2 nitrogen and oxygen atoms in total. The molecule has 1 aromatic rings. The summed E-state index contributed by atoms with van der Waals surface area (Å²) in [5.74, 6) is 0. The number of halogens is 1. The van der Waals surface area contributed by atoms with Crippen molar-refractivity contribution in [2.75, 3.05) is 5.32 Å². The van der Waals surface area contributed by atoms with E-state index in [1.54, 1.807) is 0 Å². The summed E-state index contributed by atoms with van der Waals surface area (Å²) in [5.41, 5.74) is 2.16. The average Bonchev–Trinajstić information content (AvgIpc) is 2.34. The minimum Gasteiger partial charge on any atom is -0.381 e. The largest absolute Gasteiger partial charge is 0.381 e. The lowest BCUT2D eigenvalue weighted by atomic mass is 9.75. The molecule has 1 saturated carbocycles. The number of anilines is 1. The highest BCUT2D eigenvalue weighted by molar-refractivity contribution is 9.10. The fourth-order valence-corrected chi connectivity index (χ4v) is 2.86. The highest BCUT2D eigenvalue weighted by Crippen LogP contribution is 2.36. The molecule has 3 heteroatoms. The molecule has 0 radical (unpaired) electrons. The Morgan fingerprint density at radius 1 is 1.33 bits per heavy atom. The molecular weight excluding hydrogens is 288 g/mol. The van der Waals surface area contributed by atoms with E-state index in [2.05, 4.69) is 41.2 Å². The van der Waals surface area contributed by atoms with Crippen LogP contribution < -0.4 is 5.32 Å². The van der Waals surface area contributed by atoms with E-state index in [1.807, 2.05) is 18.2 Å². The second kappa shape index (κ2) is 5.32. The Hall–Kier alpha value is -1.01. The molecule has 0 heterocycles. The highest BCUT2D eigenvalue weighted by Gasteiger charge is 2.26. The van der Waals surface area contributed by atoms with Gasteiger partial charge in [0.05, 0.1) is 11.3 Å². The van der Waals surface area contributed by atoms with Crippen molar-refractivity contribution in [3.63, 3.8) is 0 Å². The van der Waals surface area contributed by atoms with Crippen LogP contribution in [0, 0.1) is 16.7 Å². The number of hydrogen-bond acceptors (Lipinski definition) is 2. The van der Waals surface area contributed by atoms with Gasteiger partial charge in [0.25, 0.3) is 0 Å². The molecule has 1 aliphatic rings. The van der Waals surface area contributed by atoms with Gasteiger partial charge < -0.3 is 5.32 Å². The monoisotopic (exact) mass is 306 g/mol. The van der Waals surface area contributed by atoms with Crippen LogP contribution in [0.2, 0.25) is 0 Å². The highest BCUT2D eigenvalue weighted by atomic mass is 79.9. The summed E-state index contributed by atoms with van der Waals surface area (Å²) in [7, 11) is 0. The van der Waals surface area contributed by atoms with Gasteiger partial charge in [-0.15, -0.1) is 0 Å². The van der Waals surface area contributed by atoms with Gasteiger partial charge in [0.2, 0.25) is 0 Å². The lowest BCUT2D eigenvalue weighted by molar-refractivity contribution is 0.232. The van der Waals surface area contributed by atoms with Crippen molar-refractivity contribution in [3.05, 3.63) is 28.2 Å². The molecule has 0 unspecified atom stereocenters. The first kappa shape index (κ1) is 13.4. The Morgan fingerprint density at radius 2 is 2.00 bits per heavy atom. The summed E-state index contributed by atoms with van der Waals surface area (Å²) in [6.07, 6.45) is 4.88. The van der Waals surface area contributed by atoms with E-state index in [1.165, 1.54) is 25.7 Å². The SMILES string of the molecule is CC1(C)CCC(Nc2ccc(Br)cc2C#N)CC1. The Kier molecular flexibility index (Phi) is 3.97. The first-order chi connectivity index (χ1) is 8.50. The van der Waals surface area contributed by atoms with Crippen molar-refractivity contribution in [2.45, 2.75) is 45.6 Å². The van der Waals surface area contributed by atoms with Crippen molar-refractivity contribution < 1.29 is 0 Å². The van der Waals surface area contributed by atoms with Gasteiger partial charge in [-0.25, -0.2) is 0 Å². The Labute approximate surface area is 118 Å². The third kappa shape index (κ3) is 3.26. The van der Waals surface area contributed by atoms with E-state index in [4.69, 9.17) is 5.26 Å². The lowest BCUT2D eigenvalue weighted by Crippen LogP contribution is -2.30. The van der Waals surface area contributed by atoms with Crippen molar-refractivity contribution in [1.29, 1.82) is 5.26 Å². The summed E-state index contributed by atoms with van der Waals surface area (Å²) in [4.78, 5) is 0. The molecule has 0 atom stereocenters. The summed E-state index contributed by atoms with van der Waals surface area (Å²) in [6, 6.07) is 8.60. The van der Waals surface area contributed by atoms with Gasteiger partial charge >= 0.3 is 0 Å². The van der Waals surface area contributed by atoms with Crippen LogP contribution in [0.3, 0.4) is 0 Å². The van der Waals surface area contributed by atoms with Crippen molar-refractivity contribution in [2.24, 2.45) is 5.41 Å². The maximum Gasteiger partial charge on any atom is 0.101 e. The standard InChI is InChI=1S/C15H19BrN2/c1-15(2)7-5-13(6-8-15)18-14-4-3-12(16)9-11(14)10-17/h3-4,9,13,18H,5-8H2,1-2H3. The molecule has 0 spiro atoms. The summed E-state index contributed by atoms with van der Waals surface area (Å²) in [6.45, 7) is 4.67. The fraction of sp³-hybridized carbons (Fsp3) is 0.533. The molecule has 1 N–H and O–H groups in total. The zero-order valence-corrected chi connectivity index (χ0v) is 12.5. The number of nitrogens with zero attached hydrogens (tertiary/aromatic N) is 1. The van der Waals surface area contributed by atoms with Gasteiger partial charge in [-0.2, -0.15) is 5.26 Å². The Morgan fingerprint density at radius 3 is 2.61 bits per heavy atom. The van der Waals surface area contributed by atoms with Gasteiger partial charge in [-0.1, -0.05) is 29.8 Å². The molecule has 1 aromatic carbocycles.